The minimum Gasteiger partial charge on any atom is -0.481 e. The summed E-state index contributed by atoms with van der Waals surface area (Å²) in [5, 5.41) is 35.2. The summed E-state index contributed by atoms with van der Waals surface area (Å²) in [6.45, 7) is 5.03. The molecule has 2 unspecified atom stereocenters. The van der Waals surface area contributed by atoms with Crippen LogP contribution in [0.25, 0.3) is 0 Å². The van der Waals surface area contributed by atoms with Crippen molar-refractivity contribution >= 4 is 17.9 Å². The number of aliphatic carboxylic acids is 3. The number of ether oxygens (including phenoxy) is 1. The van der Waals surface area contributed by atoms with E-state index in [1.54, 1.807) is 0 Å². The van der Waals surface area contributed by atoms with Crippen LogP contribution >= 0.6 is 0 Å². The smallest absolute Gasteiger partial charge is 0.332 e. The normalized spacial score (nSPS) is 16.0. The Morgan fingerprint density at radius 3 is 1.77 bits per heavy atom. The van der Waals surface area contributed by atoms with Crippen LogP contribution in [0.2, 0.25) is 0 Å². The van der Waals surface area contributed by atoms with Crippen molar-refractivity contribution in [3.8, 4) is 0 Å². The van der Waals surface area contributed by atoms with Crippen molar-refractivity contribution in [2.45, 2.75) is 31.9 Å². The van der Waals surface area contributed by atoms with Crippen molar-refractivity contribution in [2.24, 2.45) is 5.73 Å². The van der Waals surface area contributed by atoms with Gasteiger partial charge in [0.1, 0.15) is 12.1 Å². The number of rotatable bonds is 5. The lowest BCUT2D eigenvalue weighted by atomic mass is 10.2. The van der Waals surface area contributed by atoms with Gasteiger partial charge in [-0.2, -0.15) is 0 Å². The fourth-order valence-electron chi connectivity index (χ4n) is 0.918. The van der Waals surface area contributed by atoms with Crippen molar-refractivity contribution < 1.29 is 39.5 Å². The Balaban J connectivity index is 0. The fourth-order valence-corrected chi connectivity index (χ4v) is 0.918. The molecule has 0 aromatic rings. The predicted octanol–water partition coefficient (Wildman–Crippen LogP) is -1.68. The molecule has 1 aliphatic heterocycles. The first-order valence-electron chi connectivity index (χ1n) is 6.58. The number of aliphatic hydroxyl groups is 1. The minimum absolute atomic E-state index is 0.0231. The van der Waals surface area contributed by atoms with Gasteiger partial charge in [-0.1, -0.05) is 0 Å². The van der Waals surface area contributed by atoms with E-state index in [9.17, 15) is 14.4 Å². The molecule has 1 fully saturated rings. The van der Waals surface area contributed by atoms with Crippen LogP contribution in [-0.4, -0.2) is 76.8 Å². The number of carboxylic acids is 3. The van der Waals surface area contributed by atoms with E-state index < -0.39 is 30.1 Å². The Labute approximate surface area is 127 Å². The van der Waals surface area contributed by atoms with Gasteiger partial charge >= 0.3 is 17.9 Å². The Morgan fingerprint density at radius 2 is 1.59 bits per heavy atom. The van der Waals surface area contributed by atoms with Gasteiger partial charge in [0.05, 0.1) is 13.2 Å². The summed E-state index contributed by atoms with van der Waals surface area (Å²) >= 11 is 0. The highest BCUT2D eigenvalue weighted by atomic mass is 16.5. The molecule has 0 aromatic carbocycles. The van der Waals surface area contributed by atoms with Crippen LogP contribution in [0.15, 0.2) is 0 Å². The monoisotopic (exact) mass is 324 g/mol. The topological polar surface area (TPSA) is 179 Å². The number of aliphatic hydroxyl groups excluding tert-OH is 1. The number of carboxylic acid groups (broad SMARTS) is 3. The molecule has 2 atom stereocenters. The molecular formula is C12H24N2O8. The number of morpholine rings is 1. The lowest BCUT2D eigenvalue weighted by Crippen LogP contribution is -2.30. The highest BCUT2D eigenvalue weighted by Gasteiger charge is 2.12. The molecule has 1 heterocycles. The van der Waals surface area contributed by atoms with Gasteiger partial charge in [0.2, 0.25) is 0 Å². The third kappa shape index (κ3) is 18.2. The van der Waals surface area contributed by atoms with Gasteiger partial charge < -0.3 is 36.2 Å². The molecule has 10 heteroatoms. The first-order valence-corrected chi connectivity index (χ1v) is 6.58. The maximum absolute atomic E-state index is 9.99. The first-order chi connectivity index (χ1) is 10.2. The average Bonchev–Trinajstić information content (AvgIpc) is 2.47. The van der Waals surface area contributed by atoms with Gasteiger partial charge in [-0.3, -0.25) is 9.59 Å². The second-order valence-corrected chi connectivity index (χ2v) is 4.25. The van der Waals surface area contributed by atoms with Crippen molar-refractivity contribution in [1.29, 1.82) is 0 Å². The van der Waals surface area contributed by atoms with E-state index in [-0.39, 0.29) is 12.8 Å². The molecule has 1 rings (SSSR count). The minimum atomic E-state index is -1.23. The van der Waals surface area contributed by atoms with Crippen LogP contribution in [0.3, 0.4) is 0 Å². The molecule has 0 radical (unpaired) electrons. The average molecular weight is 324 g/mol. The molecule has 0 spiro atoms. The van der Waals surface area contributed by atoms with Gasteiger partial charge in [0.25, 0.3) is 0 Å². The van der Waals surface area contributed by atoms with Crippen molar-refractivity contribution in [3.63, 3.8) is 0 Å². The Hall–Kier alpha value is -1.75. The Bertz CT molecular complexity index is 320. The van der Waals surface area contributed by atoms with E-state index in [4.69, 9.17) is 30.9 Å². The van der Waals surface area contributed by atoms with E-state index in [2.05, 4.69) is 5.32 Å². The van der Waals surface area contributed by atoms with Crippen LogP contribution in [-0.2, 0) is 19.1 Å². The number of hydrogen-bond donors (Lipinski definition) is 6. The molecule has 130 valence electrons. The summed E-state index contributed by atoms with van der Waals surface area (Å²) in [5.41, 5.74) is 5.00. The molecule has 0 saturated carbocycles. The van der Waals surface area contributed by atoms with Gasteiger partial charge in [-0.05, 0) is 13.3 Å². The number of carbonyl (C=O) groups is 3. The molecule has 0 aliphatic carbocycles. The number of nitrogens with two attached hydrogens (primary N) is 1. The van der Waals surface area contributed by atoms with Gasteiger partial charge in [-0.25, -0.2) is 4.79 Å². The maximum Gasteiger partial charge on any atom is 0.332 e. The summed E-state index contributed by atoms with van der Waals surface area (Å²) in [6.07, 6.45) is -1.46. The Kier molecular flexibility index (Phi) is 14.5. The first kappa shape index (κ1) is 22.5. The molecule has 0 bridgehead atoms. The molecule has 1 aliphatic rings. The molecule has 10 nitrogen and oxygen atoms in total. The molecule has 22 heavy (non-hydrogen) atoms. The van der Waals surface area contributed by atoms with Crippen LogP contribution in [0.4, 0.5) is 0 Å². The summed E-state index contributed by atoms with van der Waals surface area (Å²) in [7, 11) is 0. The van der Waals surface area contributed by atoms with E-state index >= 15 is 0 Å². The van der Waals surface area contributed by atoms with Gasteiger partial charge in [-0.15, -0.1) is 0 Å². The highest BCUT2D eigenvalue weighted by Crippen LogP contribution is 1.93. The molecule has 0 aromatic heterocycles. The third-order valence-corrected chi connectivity index (χ3v) is 2.19. The number of hydrogen-bond acceptors (Lipinski definition) is 7. The van der Waals surface area contributed by atoms with E-state index in [1.807, 2.05) is 0 Å². The van der Waals surface area contributed by atoms with Crippen molar-refractivity contribution in [1.82, 2.24) is 5.32 Å². The van der Waals surface area contributed by atoms with Crippen molar-refractivity contribution in [2.75, 3.05) is 26.3 Å². The summed E-state index contributed by atoms with van der Waals surface area (Å²) in [4.78, 5) is 29.3. The van der Waals surface area contributed by atoms with Crippen LogP contribution in [0, 0.1) is 0 Å². The van der Waals surface area contributed by atoms with Crippen LogP contribution < -0.4 is 11.1 Å². The molecular weight excluding hydrogens is 300 g/mol. The largest absolute Gasteiger partial charge is 0.481 e. The molecule has 0 amide bonds. The van der Waals surface area contributed by atoms with Crippen LogP contribution in [0.1, 0.15) is 19.8 Å². The Morgan fingerprint density at radius 1 is 1.14 bits per heavy atom. The summed E-state index contributed by atoms with van der Waals surface area (Å²) < 4.78 is 5.01. The highest BCUT2D eigenvalue weighted by molar-refractivity contribution is 5.74. The number of nitrogens with one attached hydrogen (secondary N) is 1. The van der Waals surface area contributed by atoms with E-state index in [0.29, 0.717) is 0 Å². The molecule has 1 saturated heterocycles. The summed E-state index contributed by atoms with van der Waals surface area (Å²) in [6, 6.07) is -1.06. The zero-order valence-corrected chi connectivity index (χ0v) is 12.4. The lowest BCUT2D eigenvalue weighted by Gasteiger charge is -2.10. The van der Waals surface area contributed by atoms with Gasteiger partial charge in [0, 0.05) is 19.5 Å². The third-order valence-electron chi connectivity index (χ3n) is 2.19. The second kappa shape index (κ2) is 14.2. The quantitative estimate of drug-likeness (QED) is 0.342. The molecule has 7 N–H and O–H groups in total. The fraction of sp³-hybridized carbons (Fsp3) is 0.750. The summed E-state index contributed by atoms with van der Waals surface area (Å²) in [5.74, 6) is -3.38. The zero-order chi connectivity index (χ0) is 17.5. The predicted molar refractivity (Wildman–Crippen MR) is 75.5 cm³/mol. The standard InChI is InChI=1S/C5H9NO4.C4H9NO.C3H6O3/c6-3(5(9)10)1-2-4(7)8;1-3-6-4-2-5-1;1-2(4)3(5)6/h3H,1-2,6H2,(H,7,8)(H,9,10);5H,1-4H2;2,4H,1H3,(H,5,6). The van der Waals surface area contributed by atoms with E-state index in [0.717, 1.165) is 26.3 Å². The van der Waals surface area contributed by atoms with Crippen LogP contribution in [0.5, 0.6) is 0 Å². The SMILES string of the molecule is C1COCCN1.CC(O)C(=O)O.NC(CCC(=O)O)C(=O)O. The van der Waals surface area contributed by atoms with Crippen molar-refractivity contribution in [3.05, 3.63) is 0 Å². The second-order valence-electron chi connectivity index (χ2n) is 4.25. The zero-order valence-electron chi connectivity index (χ0n) is 12.4. The maximum atomic E-state index is 9.99. The lowest BCUT2D eigenvalue weighted by molar-refractivity contribution is -0.145. The van der Waals surface area contributed by atoms with Gasteiger partial charge in [0.15, 0.2) is 0 Å². The van der Waals surface area contributed by atoms with E-state index in [1.165, 1.54) is 6.92 Å².